The number of rotatable bonds is 8. The summed E-state index contributed by atoms with van der Waals surface area (Å²) in [6.07, 6.45) is 4.76. The van der Waals surface area contributed by atoms with Crippen LogP contribution in [-0.4, -0.2) is 42.4 Å². The van der Waals surface area contributed by atoms with Crippen molar-refractivity contribution in [2.24, 2.45) is 0 Å². The first-order chi connectivity index (χ1) is 10.0. The molecule has 116 valence electrons. The molecule has 0 aliphatic heterocycles. The van der Waals surface area contributed by atoms with E-state index < -0.39 is 10.0 Å². The van der Waals surface area contributed by atoms with Crippen LogP contribution in [0.15, 0.2) is 17.4 Å². The van der Waals surface area contributed by atoms with Gasteiger partial charge in [0.1, 0.15) is 0 Å². The lowest BCUT2D eigenvalue weighted by molar-refractivity contribution is 0.572. The first-order valence-corrected chi connectivity index (χ1v) is 8.18. The Kier molecular flexibility index (Phi) is 5.10. The van der Waals surface area contributed by atoms with Crippen molar-refractivity contribution in [1.82, 2.24) is 30.4 Å². The number of sulfonamides is 1. The Labute approximate surface area is 123 Å². The average Bonchev–Trinajstić information content (AvgIpc) is 3.05. The van der Waals surface area contributed by atoms with E-state index in [2.05, 4.69) is 30.4 Å². The number of hydrogen-bond donors (Lipinski definition) is 4. The molecule has 2 rings (SSSR count). The van der Waals surface area contributed by atoms with Crippen LogP contribution in [0.25, 0.3) is 0 Å². The van der Waals surface area contributed by atoms with Crippen LogP contribution in [-0.2, 0) is 23.0 Å². The maximum absolute atomic E-state index is 12.2. The smallest absolute Gasteiger partial charge is 0.257 e. The molecule has 0 aliphatic carbocycles. The van der Waals surface area contributed by atoms with Crippen molar-refractivity contribution in [3.8, 4) is 0 Å². The van der Waals surface area contributed by atoms with Gasteiger partial charge in [0.15, 0.2) is 5.03 Å². The Morgan fingerprint density at radius 3 is 2.57 bits per heavy atom. The number of nitrogens with zero attached hydrogens (tertiary/aromatic N) is 2. The standard InChI is InChI=1S/C12H20N6O2S/c1-9-10(7-14-17-9)4-3-5-16-21(19,20)12-11(6-13-2)8-15-18-12/h7-8,13,16H,3-6H2,1-2H3,(H,14,17)(H,15,18). The van der Waals surface area contributed by atoms with Gasteiger partial charge in [-0.1, -0.05) is 0 Å². The third-order valence-electron chi connectivity index (χ3n) is 3.16. The highest BCUT2D eigenvalue weighted by Crippen LogP contribution is 2.11. The molecule has 0 saturated heterocycles. The molecule has 2 aromatic rings. The van der Waals surface area contributed by atoms with E-state index in [-0.39, 0.29) is 5.03 Å². The lowest BCUT2D eigenvalue weighted by atomic mass is 10.1. The molecule has 4 N–H and O–H groups in total. The van der Waals surface area contributed by atoms with Gasteiger partial charge in [0.25, 0.3) is 10.0 Å². The second-order valence-corrected chi connectivity index (χ2v) is 6.48. The molecule has 2 aromatic heterocycles. The Hall–Kier alpha value is -1.71. The van der Waals surface area contributed by atoms with Gasteiger partial charge in [0.2, 0.25) is 0 Å². The SMILES string of the molecule is CNCc1cn[nH]c1S(=O)(=O)NCCCc1cn[nH]c1C. The molecule has 9 heteroatoms. The van der Waals surface area contributed by atoms with Crippen molar-refractivity contribution < 1.29 is 8.42 Å². The van der Waals surface area contributed by atoms with Crippen molar-refractivity contribution in [3.63, 3.8) is 0 Å². The fourth-order valence-corrected chi connectivity index (χ4v) is 3.23. The van der Waals surface area contributed by atoms with Crippen LogP contribution in [0, 0.1) is 6.92 Å². The highest BCUT2D eigenvalue weighted by atomic mass is 32.2. The summed E-state index contributed by atoms with van der Waals surface area (Å²) in [5.41, 5.74) is 2.74. The summed E-state index contributed by atoms with van der Waals surface area (Å²) in [7, 11) is -1.80. The van der Waals surface area contributed by atoms with Gasteiger partial charge in [0, 0.05) is 24.3 Å². The maximum atomic E-state index is 12.2. The van der Waals surface area contributed by atoms with E-state index in [4.69, 9.17) is 0 Å². The van der Waals surface area contributed by atoms with Crippen LogP contribution in [0.2, 0.25) is 0 Å². The van der Waals surface area contributed by atoms with Gasteiger partial charge in [-0.15, -0.1) is 0 Å². The van der Waals surface area contributed by atoms with Crippen LogP contribution in [0.1, 0.15) is 23.2 Å². The predicted molar refractivity (Wildman–Crippen MR) is 78.2 cm³/mol. The molecule has 21 heavy (non-hydrogen) atoms. The van der Waals surface area contributed by atoms with Gasteiger partial charge in [-0.25, -0.2) is 13.1 Å². The highest BCUT2D eigenvalue weighted by Gasteiger charge is 2.19. The molecule has 0 fully saturated rings. The summed E-state index contributed by atoms with van der Waals surface area (Å²) in [5.74, 6) is 0. The first kappa shape index (κ1) is 15.7. The zero-order valence-corrected chi connectivity index (χ0v) is 12.9. The summed E-state index contributed by atoms with van der Waals surface area (Å²) >= 11 is 0. The third-order valence-corrected chi connectivity index (χ3v) is 4.64. The zero-order chi connectivity index (χ0) is 15.3. The molecule has 8 nitrogen and oxygen atoms in total. The summed E-state index contributed by atoms with van der Waals surface area (Å²) in [5, 5.41) is 16.2. The Morgan fingerprint density at radius 2 is 1.90 bits per heavy atom. The Balaban J connectivity index is 1.89. The molecule has 0 aromatic carbocycles. The minimum absolute atomic E-state index is 0.122. The van der Waals surface area contributed by atoms with Gasteiger partial charge in [-0.3, -0.25) is 10.2 Å². The van der Waals surface area contributed by atoms with E-state index in [1.165, 1.54) is 6.20 Å². The van der Waals surface area contributed by atoms with E-state index in [1.807, 2.05) is 6.92 Å². The van der Waals surface area contributed by atoms with E-state index in [0.717, 1.165) is 17.7 Å². The second kappa shape index (κ2) is 6.83. The molecule has 0 aliphatic rings. The van der Waals surface area contributed by atoms with Gasteiger partial charge in [-0.05, 0) is 32.4 Å². The van der Waals surface area contributed by atoms with Crippen molar-refractivity contribution in [2.45, 2.75) is 31.3 Å². The Bertz CT molecular complexity index is 675. The molecule has 0 saturated carbocycles. The normalized spacial score (nSPS) is 11.9. The molecule has 0 spiro atoms. The number of aromatic amines is 2. The molecular weight excluding hydrogens is 292 g/mol. The number of hydrogen-bond acceptors (Lipinski definition) is 5. The summed E-state index contributed by atoms with van der Waals surface area (Å²) in [6, 6.07) is 0. The fourth-order valence-electron chi connectivity index (χ4n) is 2.03. The van der Waals surface area contributed by atoms with Gasteiger partial charge in [0.05, 0.1) is 12.4 Å². The topological polar surface area (TPSA) is 116 Å². The maximum Gasteiger partial charge on any atom is 0.257 e. The van der Waals surface area contributed by atoms with Gasteiger partial charge in [-0.2, -0.15) is 10.2 Å². The fraction of sp³-hybridized carbons (Fsp3) is 0.500. The van der Waals surface area contributed by atoms with Crippen molar-refractivity contribution in [1.29, 1.82) is 0 Å². The molecule has 0 unspecified atom stereocenters. The summed E-state index contributed by atoms with van der Waals surface area (Å²) in [6.45, 7) is 2.76. The van der Waals surface area contributed by atoms with Crippen molar-refractivity contribution in [2.75, 3.05) is 13.6 Å². The largest absolute Gasteiger partial charge is 0.316 e. The lowest BCUT2D eigenvalue weighted by Gasteiger charge is -2.07. The first-order valence-electron chi connectivity index (χ1n) is 6.70. The monoisotopic (exact) mass is 312 g/mol. The van der Waals surface area contributed by atoms with Crippen LogP contribution in [0.4, 0.5) is 0 Å². The summed E-state index contributed by atoms with van der Waals surface area (Å²) < 4.78 is 27.0. The third kappa shape index (κ3) is 3.90. The highest BCUT2D eigenvalue weighted by molar-refractivity contribution is 7.89. The lowest BCUT2D eigenvalue weighted by Crippen LogP contribution is -2.27. The van der Waals surface area contributed by atoms with Gasteiger partial charge >= 0.3 is 0 Å². The molecule has 2 heterocycles. The number of nitrogens with one attached hydrogen (secondary N) is 4. The number of aryl methyl sites for hydroxylation is 2. The van der Waals surface area contributed by atoms with Crippen LogP contribution < -0.4 is 10.0 Å². The van der Waals surface area contributed by atoms with E-state index in [9.17, 15) is 8.42 Å². The molecule has 0 radical (unpaired) electrons. The molecule has 0 amide bonds. The zero-order valence-electron chi connectivity index (χ0n) is 12.1. The summed E-state index contributed by atoms with van der Waals surface area (Å²) in [4.78, 5) is 0. The minimum Gasteiger partial charge on any atom is -0.316 e. The van der Waals surface area contributed by atoms with E-state index >= 15 is 0 Å². The average molecular weight is 312 g/mol. The molecule has 0 atom stereocenters. The number of H-pyrrole nitrogens is 2. The predicted octanol–water partition coefficient (Wildman–Crippen LogP) is 0.0717. The quantitative estimate of drug-likeness (QED) is 0.515. The van der Waals surface area contributed by atoms with Crippen molar-refractivity contribution >= 4 is 10.0 Å². The van der Waals surface area contributed by atoms with Crippen LogP contribution in [0.3, 0.4) is 0 Å². The Morgan fingerprint density at radius 1 is 1.19 bits per heavy atom. The molecular formula is C12H20N6O2S. The number of aromatic nitrogens is 4. The van der Waals surface area contributed by atoms with Crippen LogP contribution in [0.5, 0.6) is 0 Å². The minimum atomic E-state index is -3.55. The second-order valence-electron chi connectivity index (χ2n) is 4.78. The van der Waals surface area contributed by atoms with E-state index in [1.54, 1.807) is 13.2 Å². The van der Waals surface area contributed by atoms with E-state index in [0.29, 0.717) is 25.1 Å². The van der Waals surface area contributed by atoms with Crippen LogP contribution >= 0.6 is 0 Å². The van der Waals surface area contributed by atoms with Gasteiger partial charge < -0.3 is 5.32 Å². The van der Waals surface area contributed by atoms with Crippen molar-refractivity contribution in [3.05, 3.63) is 29.2 Å². The molecule has 0 bridgehead atoms.